The second-order valence-electron chi connectivity index (χ2n) is 4.01. The Hall–Kier alpha value is -0.710. The van der Waals surface area contributed by atoms with Gasteiger partial charge in [0.05, 0.1) is 5.25 Å². The number of rotatable bonds is 5. The Labute approximate surface area is 100 Å². The second kappa shape index (κ2) is 6.78. The Bertz CT molecular complexity index is 252. The van der Waals surface area contributed by atoms with Crippen molar-refractivity contribution < 1.29 is 14.7 Å². The van der Waals surface area contributed by atoms with Gasteiger partial charge in [0.15, 0.2) is 0 Å². The minimum absolute atomic E-state index is 0.00829. The fourth-order valence-electron chi connectivity index (χ4n) is 1.84. The van der Waals surface area contributed by atoms with Gasteiger partial charge in [0.1, 0.15) is 6.54 Å². The third kappa shape index (κ3) is 4.04. The van der Waals surface area contributed by atoms with Crippen LogP contribution < -0.4 is 0 Å². The summed E-state index contributed by atoms with van der Waals surface area (Å²) in [6, 6.07) is 0. The standard InChI is InChI=1S/C11H19NO3S/c1-2-6-12(8-10(13)14)11(15)9-5-3-4-7-16-9/h9H,2-8H2,1H3,(H,13,14). The molecule has 0 saturated carbocycles. The van der Waals surface area contributed by atoms with Gasteiger partial charge in [-0.3, -0.25) is 9.59 Å². The van der Waals surface area contributed by atoms with Gasteiger partial charge in [-0.1, -0.05) is 13.3 Å². The summed E-state index contributed by atoms with van der Waals surface area (Å²) in [4.78, 5) is 24.2. The summed E-state index contributed by atoms with van der Waals surface area (Å²) in [5, 5.41) is 8.74. The quantitative estimate of drug-likeness (QED) is 0.799. The summed E-state index contributed by atoms with van der Waals surface area (Å²) in [5.74, 6) is 0.0975. The van der Waals surface area contributed by atoms with E-state index in [0.717, 1.165) is 25.0 Å². The van der Waals surface area contributed by atoms with Crippen LogP contribution in [0.3, 0.4) is 0 Å². The van der Waals surface area contributed by atoms with E-state index < -0.39 is 5.97 Å². The van der Waals surface area contributed by atoms with E-state index in [1.807, 2.05) is 6.92 Å². The van der Waals surface area contributed by atoms with E-state index in [0.29, 0.717) is 6.54 Å². The second-order valence-corrected chi connectivity index (χ2v) is 5.32. The first-order valence-electron chi connectivity index (χ1n) is 5.77. The van der Waals surface area contributed by atoms with Crippen LogP contribution in [0.1, 0.15) is 32.6 Å². The van der Waals surface area contributed by atoms with E-state index in [9.17, 15) is 9.59 Å². The first-order valence-corrected chi connectivity index (χ1v) is 6.82. The lowest BCUT2D eigenvalue weighted by atomic mass is 10.1. The van der Waals surface area contributed by atoms with Crippen molar-refractivity contribution in [1.29, 1.82) is 0 Å². The van der Waals surface area contributed by atoms with Gasteiger partial charge in [-0.05, 0) is 25.0 Å². The predicted molar refractivity (Wildman–Crippen MR) is 64.6 cm³/mol. The van der Waals surface area contributed by atoms with Gasteiger partial charge in [-0.25, -0.2) is 0 Å². The number of nitrogens with zero attached hydrogens (tertiary/aromatic N) is 1. The molecule has 1 fully saturated rings. The molecule has 0 aromatic rings. The Kier molecular flexibility index (Phi) is 5.66. The maximum Gasteiger partial charge on any atom is 0.323 e. The molecule has 1 atom stereocenters. The molecule has 16 heavy (non-hydrogen) atoms. The number of carboxylic acid groups (broad SMARTS) is 1. The summed E-state index contributed by atoms with van der Waals surface area (Å²) >= 11 is 1.67. The molecule has 1 aliphatic heterocycles. The summed E-state index contributed by atoms with van der Waals surface area (Å²) in [6.45, 7) is 2.34. The highest BCUT2D eigenvalue weighted by Gasteiger charge is 2.27. The van der Waals surface area contributed by atoms with Crippen LogP contribution in [0.15, 0.2) is 0 Å². The molecule has 0 aliphatic carbocycles. The number of hydrogen-bond donors (Lipinski definition) is 1. The van der Waals surface area contributed by atoms with Crippen LogP contribution in [0.5, 0.6) is 0 Å². The van der Waals surface area contributed by atoms with E-state index in [-0.39, 0.29) is 17.7 Å². The minimum Gasteiger partial charge on any atom is -0.480 e. The number of aliphatic carboxylic acids is 1. The van der Waals surface area contributed by atoms with Gasteiger partial charge < -0.3 is 10.0 Å². The van der Waals surface area contributed by atoms with Crippen LogP contribution >= 0.6 is 11.8 Å². The molecule has 0 bridgehead atoms. The fraction of sp³-hybridized carbons (Fsp3) is 0.818. The number of amides is 1. The third-order valence-electron chi connectivity index (χ3n) is 2.59. The number of carbonyl (C=O) groups excluding carboxylic acids is 1. The molecule has 1 N–H and O–H groups in total. The smallest absolute Gasteiger partial charge is 0.323 e. The lowest BCUT2D eigenvalue weighted by Gasteiger charge is -2.27. The van der Waals surface area contributed by atoms with Gasteiger partial charge in [-0.2, -0.15) is 0 Å². The van der Waals surface area contributed by atoms with Crippen molar-refractivity contribution in [2.75, 3.05) is 18.8 Å². The summed E-state index contributed by atoms with van der Waals surface area (Å²) in [6.07, 6.45) is 3.94. The molecule has 1 heterocycles. The molecule has 1 rings (SSSR count). The molecule has 1 saturated heterocycles. The summed E-state index contributed by atoms with van der Waals surface area (Å²) in [5.41, 5.74) is 0. The average molecular weight is 245 g/mol. The lowest BCUT2D eigenvalue weighted by molar-refractivity contribution is -0.144. The van der Waals surface area contributed by atoms with Gasteiger partial charge in [0.25, 0.3) is 0 Å². The van der Waals surface area contributed by atoms with Crippen molar-refractivity contribution in [2.45, 2.75) is 37.9 Å². The number of carboxylic acids is 1. The van der Waals surface area contributed by atoms with Crippen LogP contribution in [-0.2, 0) is 9.59 Å². The molecule has 0 radical (unpaired) electrons. The monoisotopic (exact) mass is 245 g/mol. The Balaban J connectivity index is 2.54. The first kappa shape index (κ1) is 13.4. The molecule has 1 amide bonds. The molecular weight excluding hydrogens is 226 g/mol. The molecule has 0 aromatic carbocycles. The van der Waals surface area contributed by atoms with Crippen molar-refractivity contribution in [3.8, 4) is 0 Å². The van der Waals surface area contributed by atoms with Gasteiger partial charge in [0.2, 0.25) is 5.91 Å². The number of thioether (sulfide) groups is 1. The van der Waals surface area contributed by atoms with Crippen LogP contribution in [0.25, 0.3) is 0 Å². The van der Waals surface area contributed by atoms with Crippen molar-refractivity contribution in [3.05, 3.63) is 0 Å². The first-order chi connectivity index (χ1) is 7.65. The van der Waals surface area contributed by atoms with E-state index in [1.54, 1.807) is 11.8 Å². The van der Waals surface area contributed by atoms with Crippen LogP contribution in [-0.4, -0.2) is 46.0 Å². The largest absolute Gasteiger partial charge is 0.480 e. The molecule has 1 unspecified atom stereocenters. The molecule has 92 valence electrons. The predicted octanol–water partition coefficient (Wildman–Crippen LogP) is 1.60. The maximum absolute atomic E-state index is 12.1. The molecular formula is C11H19NO3S. The van der Waals surface area contributed by atoms with Gasteiger partial charge in [0, 0.05) is 6.54 Å². The molecule has 5 heteroatoms. The van der Waals surface area contributed by atoms with Crippen molar-refractivity contribution >= 4 is 23.6 Å². The molecule has 1 aliphatic rings. The lowest BCUT2D eigenvalue weighted by Crippen LogP contribution is -2.42. The fourth-order valence-corrected chi connectivity index (χ4v) is 3.12. The minimum atomic E-state index is -0.928. The van der Waals surface area contributed by atoms with Crippen LogP contribution in [0, 0.1) is 0 Å². The van der Waals surface area contributed by atoms with Gasteiger partial charge in [-0.15, -0.1) is 11.8 Å². The zero-order valence-corrected chi connectivity index (χ0v) is 10.5. The zero-order valence-electron chi connectivity index (χ0n) is 9.65. The highest BCUT2D eigenvalue weighted by Crippen LogP contribution is 2.26. The maximum atomic E-state index is 12.1. The Morgan fingerprint density at radius 1 is 1.44 bits per heavy atom. The van der Waals surface area contributed by atoms with Crippen LogP contribution in [0.4, 0.5) is 0 Å². The normalized spacial score (nSPS) is 20.4. The van der Waals surface area contributed by atoms with Crippen molar-refractivity contribution in [1.82, 2.24) is 4.90 Å². The summed E-state index contributed by atoms with van der Waals surface area (Å²) in [7, 11) is 0. The molecule has 0 aromatic heterocycles. The Morgan fingerprint density at radius 3 is 2.69 bits per heavy atom. The molecule has 4 nitrogen and oxygen atoms in total. The highest BCUT2D eigenvalue weighted by molar-refractivity contribution is 8.00. The summed E-state index contributed by atoms with van der Waals surface area (Å²) < 4.78 is 0. The number of hydrogen-bond acceptors (Lipinski definition) is 3. The van der Waals surface area contributed by atoms with Gasteiger partial charge >= 0.3 is 5.97 Å². The average Bonchev–Trinajstić information content (AvgIpc) is 2.28. The van der Waals surface area contributed by atoms with E-state index >= 15 is 0 Å². The van der Waals surface area contributed by atoms with E-state index in [1.165, 1.54) is 11.3 Å². The SMILES string of the molecule is CCCN(CC(=O)O)C(=O)C1CCCCS1. The molecule has 0 spiro atoms. The van der Waals surface area contributed by atoms with E-state index in [4.69, 9.17) is 5.11 Å². The van der Waals surface area contributed by atoms with Crippen molar-refractivity contribution in [2.24, 2.45) is 0 Å². The van der Waals surface area contributed by atoms with E-state index in [2.05, 4.69) is 0 Å². The third-order valence-corrected chi connectivity index (χ3v) is 3.95. The highest BCUT2D eigenvalue weighted by atomic mass is 32.2. The topological polar surface area (TPSA) is 57.6 Å². The van der Waals surface area contributed by atoms with Crippen molar-refractivity contribution in [3.63, 3.8) is 0 Å². The Morgan fingerprint density at radius 2 is 2.19 bits per heavy atom. The van der Waals surface area contributed by atoms with Crippen LogP contribution in [0.2, 0.25) is 0 Å². The zero-order chi connectivity index (χ0) is 12.0. The number of carbonyl (C=O) groups is 2.